The van der Waals surface area contributed by atoms with Crippen molar-refractivity contribution in [1.82, 2.24) is 0 Å². The van der Waals surface area contributed by atoms with E-state index < -0.39 is 30.2 Å². The number of carbonyl (C=O) groups is 1. The Balaban J connectivity index is 5.40. The summed E-state index contributed by atoms with van der Waals surface area (Å²) >= 11 is 9.96. The van der Waals surface area contributed by atoms with Gasteiger partial charge >= 0.3 is 0 Å². The van der Waals surface area contributed by atoms with E-state index in [1.807, 2.05) is 0 Å². The molecule has 1 nitrogen and oxygen atoms in total. The Bertz CT molecular complexity index is 262. The minimum atomic E-state index is -3.40. The van der Waals surface area contributed by atoms with Crippen LogP contribution in [0.3, 0.4) is 0 Å². The predicted octanol–water partition coefficient (Wildman–Crippen LogP) is 1.81. The van der Waals surface area contributed by atoms with Crippen molar-refractivity contribution in [3.8, 4) is 0 Å². The molecular formula is C5H8Cl2O. The van der Waals surface area contributed by atoms with E-state index in [2.05, 4.69) is 0 Å². The van der Waals surface area contributed by atoms with Gasteiger partial charge in [-0.1, -0.05) is 0 Å². The van der Waals surface area contributed by atoms with Gasteiger partial charge in [-0.3, -0.25) is 4.79 Å². The molecule has 0 saturated heterocycles. The number of ketones is 1. The maximum atomic E-state index is 11.4. The molecule has 0 aromatic rings. The highest BCUT2D eigenvalue weighted by molar-refractivity contribution is 6.20. The minimum Gasteiger partial charge on any atom is -0.300 e. The van der Waals surface area contributed by atoms with Crippen LogP contribution in [0.1, 0.15) is 23.7 Å². The molecule has 0 spiro atoms. The summed E-state index contributed by atoms with van der Waals surface area (Å²) in [4.78, 5) is 11.4. The van der Waals surface area contributed by atoms with Crippen LogP contribution in [0.25, 0.3) is 0 Å². The zero-order valence-corrected chi connectivity index (χ0v) is 5.18. The fourth-order valence-corrected chi connectivity index (χ4v) is 0.289. The molecule has 0 fully saturated rings. The van der Waals surface area contributed by atoms with Crippen LogP contribution >= 0.6 is 23.2 Å². The van der Waals surface area contributed by atoms with Gasteiger partial charge in [-0.25, -0.2) is 0 Å². The fourth-order valence-electron chi connectivity index (χ4n) is 0.117. The first kappa shape index (κ1) is 1.86. The molecule has 0 amide bonds. The maximum Gasteiger partial charge on any atom is 0.135 e. The second-order valence-electron chi connectivity index (χ2n) is 0.768. The lowest BCUT2D eigenvalue weighted by Crippen LogP contribution is -1.98. The predicted molar refractivity (Wildman–Crippen MR) is 35.7 cm³/mol. The Hall–Kier alpha value is 0.250. The number of Topliss-reactive ketones (excluding diaryl/α,β-unsaturated/α-hetero) is 1. The molecule has 0 aliphatic carbocycles. The molecule has 0 radical (unpaired) electrons. The topological polar surface area (TPSA) is 17.1 Å². The summed E-state index contributed by atoms with van der Waals surface area (Å²) in [5, 5.41) is 0. The Morgan fingerprint density at radius 1 is 1.38 bits per heavy atom. The highest BCUT2D eigenvalue weighted by Gasteiger charge is 1.96. The summed E-state index contributed by atoms with van der Waals surface area (Å²) < 4.78 is 55.7. The third-order valence-electron chi connectivity index (χ3n) is 0.322. The van der Waals surface area contributed by atoms with Crippen molar-refractivity contribution >= 4 is 29.0 Å². The fraction of sp³-hybridized carbons (Fsp3) is 0.800. The first-order chi connectivity index (χ1) is 6.65. The van der Waals surface area contributed by atoms with Crippen LogP contribution in [0, 0.1) is 0 Å². The molecule has 0 N–H and O–H groups in total. The van der Waals surface area contributed by atoms with Crippen LogP contribution in [0.15, 0.2) is 0 Å². The van der Waals surface area contributed by atoms with Crippen LogP contribution in [-0.4, -0.2) is 17.4 Å². The van der Waals surface area contributed by atoms with Gasteiger partial charge in [-0.15, -0.1) is 23.2 Å². The van der Waals surface area contributed by atoms with Gasteiger partial charge in [0, 0.05) is 35.4 Å². The Morgan fingerprint density at radius 3 is 2.00 bits per heavy atom. The van der Waals surface area contributed by atoms with Gasteiger partial charge < -0.3 is 0 Å². The van der Waals surface area contributed by atoms with Crippen molar-refractivity contribution in [3.63, 3.8) is 0 Å². The Labute approximate surface area is 70.2 Å². The average Bonchev–Trinajstić information content (AvgIpc) is 1.98. The van der Waals surface area contributed by atoms with Crippen molar-refractivity contribution in [1.29, 1.82) is 0 Å². The van der Waals surface area contributed by atoms with Crippen LogP contribution in [0.2, 0.25) is 0 Å². The number of rotatable bonds is 4. The lowest BCUT2D eigenvalue weighted by Gasteiger charge is -1.89. The first-order valence-electron chi connectivity index (χ1n) is 5.58. The molecule has 0 aliphatic rings. The lowest BCUT2D eigenvalue weighted by molar-refractivity contribution is -0.118. The highest BCUT2D eigenvalue weighted by Crippen LogP contribution is 1.93. The number of hydrogen-bond acceptors (Lipinski definition) is 1. The number of halogens is 2. The Morgan fingerprint density at radius 2 is 1.75 bits per heavy atom. The number of alkyl halides is 2. The number of hydrogen-bond donors (Lipinski definition) is 0. The quantitative estimate of drug-likeness (QED) is 0.577. The summed E-state index contributed by atoms with van der Waals surface area (Å²) in [5.41, 5.74) is 0. The summed E-state index contributed by atoms with van der Waals surface area (Å²) in [5.74, 6) is -8.32. The second-order valence-corrected chi connectivity index (χ2v) is 1.15. The van der Waals surface area contributed by atoms with Crippen LogP contribution in [0.4, 0.5) is 0 Å². The first-order valence-corrected chi connectivity index (χ1v) is 2.34. The van der Waals surface area contributed by atoms with E-state index in [1.165, 1.54) is 0 Å². The van der Waals surface area contributed by atoms with Crippen molar-refractivity contribution in [3.05, 3.63) is 0 Å². The van der Waals surface area contributed by atoms with Crippen LogP contribution in [-0.2, 0) is 4.79 Å². The van der Waals surface area contributed by atoms with Crippen molar-refractivity contribution in [2.45, 2.75) is 12.7 Å². The molecule has 0 aromatic heterocycles. The van der Waals surface area contributed by atoms with Gasteiger partial charge in [-0.05, 0) is 0 Å². The molecule has 48 valence electrons. The summed E-state index contributed by atoms with van der Waals surface area (Å²) in [7, 11) is 0. The SMILES string of the molecule is [2H]C([2H])(Cl)C([2H])([2H])C(=O)C([2H])([2H])C([2H])([2H])Cl. The van der Waals surface area contributed by atoms with E-state index in [-0.39, 0.29) is 0 Å². The molecule has 0 atom stereocenters. The van der Waals surface area contributed by atoms with Gasteiger partial charge in [0.1, 0.15) is 5.78 Å². The molecule has 0 rings (SSSR count). The van der Waals surface area contributed by atoms with Crippen molar-refractivity contribution in [2.75, 3.05) is 11.7 Å². The van der Waals surface area contributed by atoms with Crippen LogP contribution < -0.4 is 0 Å². The third-order valence-corrected chi connectivity index (χ3v) is 0.511. The molecule has 0 aliphatic heterocycles. The lowest BCUT2D eigenvalue weighted by atomic mass is 10.2. The molecule has 3 heteroatoms. The molecule has 0 heterocycles. The van der Waals surface area contributed by atoms with E-state index in [1.54, 1.807) is 0 Å². The van der Waals surface area contributed by atoms with Gasteiger partial charge in [0.2, 0.25) is 0 Å². The zero-order valence-electron chi connectivity index (χ0n) is 11.7. The minimum absolute atomic E-state index is 1.99. The largest absolute Gasteiger partial charge is 0.300 e. The smallest absolute Gasteiger partial charge is 0.135 e. The standard InChI is InChI=1S/C5H8Cl2O/c6-3-1-5(8)2-4-7/h1-4H2/i1D2,2D2,3D2,4D2. The summed E-state index contributed by atoms with van der Waals surface area (Å²) in [6.07, 6.45) is -6.80. The second kappa shape index (κ2) is 5.39. The normalized spacial score (nSPS) is 31.2. The van der Waals surface area contributed by atoms with Gasteiger partial charge in [0.15, 0.2) is 0 Å². The highest BCUT2D eigenvalue weighted by atomic mass is 35.5. The summed E-state index contributed by atoms with van der Waals surface area (Å²) in [6.45, 7) is 0. The average molecular weight is 163 g/mol. The molecule has 0 aromatic carbocycles. The van der Waals surface area contributed by atoms with E-state index in [9.17, 15) is 4.79 Å². The maximum absolute atomic E-state index is 11.4. The van der Waals surface area contributed by atoms with Crippen molar-refractivity contribution in [2.24, 2.45) is 0 Å². The molecule has 0 bridgehead atoms. The van der Waals surface area contributed by atoms with E-state index in [0.29, 0.717) is 0 Å². The molecule has 8 heavy (non-hydrogen) atoms. The molecule has 0 unspecified atom stereocenters. The van der Waals surface area contributed by atoms with E-state index in [4.69, 9.17) is 34.2 Å². The van der Waals surface area contributed by atoms with Crippen LogP contribution in [0.5, 0.6) is 0 Å². The van der Waals surface area contributed by atoms with E-state index in [0.717, 1.165) is 0 Å². The molecular weight excluding hydrogens is 147 g/mol. The van der Waals surface area contributed by atoms with Gasteiger partial charge in [0.25, 0.3) is 0 Å². The van der Waals surface area contributed by atoms with E-state index >= 15 is 0 Å². The van der Waals surface area contributed by atoms with Gasteiger partial charge in [-0.2, -0.15) is 0 Å². The number of carbonyl (C=O) groups excluding carboxylic acids is 1. The molecule has 0 saturated carbocycles. The van der Waals surface area contributed by atoms with Crippen molar-refractivity contribution < 1.29 is 15.8 Å². The zero-order chi connectivity index (χ0) is 13.6. The third kappa shape index (κ3) is 4.41. The summed E-state index contributed by atoms with van der Waals surface area (Å²) in [6, 6.07) is 0. The Kier molecular flexibility index (Phi) is 1.26. The monoisotopic (exact) mass is 162 g/mol. The van der Waals surface area contributed by atoms with Gasteiger partial charge in [0.05, 0.1) is 0 Å².